The summed E-state index contributed by atoms with van der Waals surface area (Å²) in [5, 5.41) is 19.5. The second kappa shape index (κ2) is 6.75. The average Bonchev–Trinajstić information content (AvgIpc) is 2.38. The number of aliphatic hydroxyl groups is 1. The molecule has 0 saturated heterocycles. The van der Waals surface area contributed by atoms with Crippen LogP contribution >= 0.6 is 0 Å². The van der Waals surface area contributed by atoms with Gasteiger partial charge in [-0.25, -0.2) is 4.79 Å². The molecule has 4 nitrogen and oxygen atoms in total. The van der Waals surface area contributed by atoms with E-state index in [9.17, 15) is 15.0 Å². The number of methoxy groups -OCH3 is 1. The summed E-state index contributed by atoms with van der Waals surface area (Å²) >= 11 is 0. The third kappa shape index (κ3) is 4.60. The molecule has 0 heterocycles. The maximum atomic E-state index is 11.0. The summed E-state index contributed by atoms with van der Waals surface area (Å²) in [5.74, 6) is -0.341. The fourth-order valence-electron chi connectivity index (χ4n) is 1.49. The van der Waals surface area contributed by atoms with Gasteiger partial charge in [-0.2, -0.15) is 0 Å². The third-order valence-electron chi connectivity index (χ3n) is 2.70. The maximum absolute atomic E-state index is 11.0. The van der Waals surface area contributed by atoms with Gasteiger partial charge >= 0.3 is 5.97 Å². The van der Waals surface area contributed by atoms with Crippen LogP contribution in [0.15, 0.2) is 36.4 Å². The lowest BCUT2D eigenvalue weighted by molar-refractivity contribution is -0.134. The monoisotopic (exact) mass is 262 g/mol. The summed E-state index contributed by atoms with van der Waals surface area (Å²) in [6, 6.07) is 4.91. The van der Waals surface area contributed by atoms with Gasteiger partial charge in [-0.3, -0.25) is 0 Å². The second-order valence-electron chi connectivity index (χ2n) is 4.31. The Morgan fingerprint density at radius 2 is 2.21 bits per heavy atom. The van der Waals surface area contributed by atoms with Crippen LogP contribution in [0, 0.1) is 0 Å². The Balaban J connectivity index is 2.91. The van der Waals surface area contributed by atoms with E-state index in [-0.39, 0.29) is 12.2 Å². The number of esters is 1. The zero-order valence-corrected chi connectivity index (χ0v) is 11.1. The molecule has 1 atom stereocenters. The van der Waals surface area contributed by atoms with E-state index in [1.807, 2.05) is 0 Å². The summed E-state index contributed by atoms with van der Waals surface area (Å²) in [5.41, 5.74) is 1.98. The molecule has 0 radical (unpaired) electrons. The molecule has 0 fully saturated rings. The number of hydrogen-bond acceptors (Lipinski definition) is 4. The number of aromatic hydroxyl groups is 1. The third-order valence-corrected chi connectivity index (χ3v) is 2.70. The van der Waals surface area contributed by atoms with Crippen LogP contribution in [-0.4, -0.2) is 29.4 Å². The molecule has 0 aromatic heterocycles. The lowest BCUT2D eigenvalue weighted by atomic mass is 10.0. The number of benzene rings is 1. The fourth-order valence-corrected chi connectivity index (χ4v) is 1.49. The Labute approximate surface area is 112 Å². The first-order valence-corrected chi connectivity index (χ1v) is 5.85. The van der Waals surface area contributed by atoms with Crippen molar-refractivity contribution in [2.45, 2.75) is 19.4 Å². The number of ether oxygens (including phenoxy) is 1. The molecular formula is C15H18O4. The van der Waals surface area contributed by atoms with Crippen LogP contribution < -0.4 is 0 Å². The van der Waals surface area contributed by atoms with E-state index < -0.39 is 12.1 Å². The summed E-state index contributed by atoms with van der Waals surface area (Å²) < 4.78 is 4.50. The van der Waals surface area contributed by atoms with E-state index in [1.54, 1.807) is 25.1 Å². The topological polar surface area (TPSA) is 66.8 Å². The van der Waals surface area contributed by atoms with E-state index in [1.165, 1.54) is 19.3 Å². The van der Waals surface area contributed by atoms with Crippen LogP contribution in [0.2, 0.25) is 0 Å². The lowest BCUT2D eigenvalue weighted by Crippen LogP contribution is -2.11. The summed E-state index contributed by atoms with van der Waals surface area (Å²) in [6.45, 7) is 5.39. The number of aliphatic hydroxyl groups excluding tert-OH is 1. The second-order valence-corrected chi connectivity index (χ2v) is 4.31. The molecule has 1 rings (SSSR count). The highest BCUT2D eigenvalue weighted by molar-refractivity contribution is 5.86. The molecule has 0 bridgehead atoms. The van der Waals surface area contributed by atoms with Crippen molar-refractivity contribution in [2.75, 3.05) is 7.11 Å². The highest BCUT2D eigenvalue weighted by Crippen LogP contribution is 2.22. The highest BCUT2D eigenvalue weighted by atomic mass is 16.5. The van der Waals surface area contributed by atoms with Gasteiger partial charge in [0.1, 0.15) is 5.75 Å². The van der Waals surface area contributed by atoms with Crippen molar-refractivity contribution in [1.29, 1.82) is 0 Å². The predicted octanol–water partition coefficient (Wildman–Crippen LogP) is 2.06. The van der Waals surface area contributed by atoms with Gasteiger partial charge in [-0.1, -0.05) is 18.2 Å². The normalized spacial score (nSPS) is 12.4. The summed E-state index contributed by atoms with van der Waals surface area (Å²) in [6.07, 6.45) is 2.46. The molecule has 0 aliphatic heterocycles. The van der Waals surface area contributed by atoms with E-state index in [4.69, 9.17) is 0 Å². The number of carbonyl (C=O) groups is 1. The van der Waals surface area contributed by atoms with E-state index in [2.05, 4.69) is 11.3 Å². The number of phenols is 1. The predicted molar refractivity (Wildman–Crippen MR) is 73.7 cm³/mol. The van der Waals surface area contributed by atoms with E-state index in [0.717, 1.165) is 5.56 Å². The van der Waals surface area contributed by atoms with Crippen molar-refractivity contribution < 1.29 is 19.7 Å². The molecule has 1 aromatic carbocycles. The first-order chi connectivity index (χ1) is 8.93. The SMILES string of the molecule is C=C(C)[C@@H](O)Cc1cc(C=CC(=O)OC)ccc1O. The molecule has 2 N–H and O–H groups in total. The van der Waals surface area contributed by atoms with Gasteiger partial charge in [0.05, 0.1) is 13.2 Å². The van der Waals surface area contributed by atoms with E-state index >= 15 is 0 Å². The van der Waals surface area contributed by atoms with Gasteiger partial charge < -0.3 is 14.9 Å². The number of carbonyl (C=O) groups excluding carboxylic acids is 1. The number of phenolic OH excluding ortho intramolecular Hbond substituents is 1. The molecule has 19 heavy (non-hydrogen) atoms. The van der Waals surface area contributed by atoms with Crippen molar-refractivity contribution in [2.24, 2.45) is 0 Å². The number of rotatable bonds is 5. The zero-order chi connectivity index (χ0) is 14.4. The Kier molecular flexibility index (Phi) is 5.33. The first-order valence-electron chi connectivity index (χ1n) is 5.85. The molecule has 0 aliphatic carbocycles. The van der Waals surface area contributed by atoms with Crippen LogP contribution in [0.1, 0.15) is 18.1 Å². The Morgan fingerprint density at radius 3 is 2.79 bits per heavy atom. The van der Waals surface area contributed by atoms with Crippen LogP contribution in [0.25, 0.3) is 6.08 Å². The van der Waals surface area contributed by atoms with Gasteiger partial charge in [-0.15, -0.1) is 0 Å². The van der Waals surface area contributed by atoms with Gasteiger partial charge in [0.25, 0.3) is 0 Å². The summed E-state index contributed by atoms with van der Waals surface area (Å²) in [7, 11) is 1.30. The summed E-state index contributed by atoms with van der Waals surface area (Å²) in [4.78, 5) is 11.0. The molecule has 1 aromatic rings. The maximum Gasteiger partial charge on any atom is 0.330 e. The molecule has 0 unspecified atom stereocenters. The van der Waals surface area contributed by atoms with Crippen molar-refractivity contribution in [3.8, 4) is 5.75 Å². The minimum Gasteiger partial charge on any atom is -0.508 e. The first kappa shape index (κ1) is 15.0. The van der Waals surface area contributed by atoms with Gasteiger partial charge in [-0.05, 0) is 36.3 Å². The average molecular weight is 262 g/mol. The smallest absolute Gasteiger partial charge is 0.330 e. The van der Waals surface area contributed by atoms with Crippen LogP contribution in [-0.2, 0) is 16.0 Å². The quantitative estimate of drug-likeness (QED) is 0.484. The highest BCUT2D eigenvalue weighted by Gasteiger charge is 2.10. The lowest BCUT2D eigenvalue weighted by Gasteiger charge is -2.12. The number of hydrogen-bond donors (Lipinski definition) is 2. The molecule has 0 amide bonds. The minimum atomic E-state index is -0.703. The Bertz CT molecular complexity index is 503. The van der Waals surface area contributed by atoms with Crippen LogP contribution in [0.4, 0.5) is 0 Å². The Morgan fingerprint density at radius 1 is 1.53 bits per heavy atom. The van der Waals surface area contributed by atoms with Gasteiger partial charge in [0.2, 0.25) is 0 Å². The largest absolute Gasteiger partial charge is 0.508 e. The van der Waals surface area contributed by atoms with Crippen molar-refractivity contribution in [1.82, 2.24) is 0 Å². The molecule has 0 spiro atoms. The van der Waals surface area contributed by atoms with E-state index in [0.29, 0.717) is 11.1 Å². The van der Waals surface area contributed by atoms with Crippen LogP contribution in [0.5, 0.6) is 5.75 Å². The fraction of sp³-hybridized carbons (Fsp3) is 0.267. The molecule has 102 valence electrons. The van der Waals surface area contributed by atoms with Gasteiger partial charge in [0.15, 0.2) is 0 Å². The molecule has 4 heteroatoms. The van der Waals surface area contributed by atoms with Crippen molar-refractivity contribution in [3.05, 3.63) is 47.6 Å². The van der Waals surface area contributed by atoms with Crippen molar-refractivity contribution >= 4 is 12.0 Å². The van der Waals surface area contributed by atoms with Crippen molar-refractivity contribution in [3.63, 3.8) is 0 Å². The Hall–Kier alpha value is -2.07. The van der Waals surface area contributed by atoms with Gasteiger partial charge in [0, 0.05) is 12.5 Å². The van der Waals surface area contributed by atoms with Crippen LogP contribution in [0.3, 0.4) is 0 Å². The molecule has 0 aliphatic rings. The minimum absolute atomic E-state index is 0.107. The molecule has 0 saturated carbocycles. The standard InChI is InChI=1S/C15H18O4/c1-10(2)14(17)9-12-8-11(4-6-13(12)16)5-7-15(18)19-3/h4-8,14,16-17H,1,9H2,2-3H3/t14-/m0/s1. The zero-order valence-electron chi connectivity index (χ0n) is 11.1. The molecular weight excluding hydrogens is 244 g/mol.